The third kappa shape index (κ3) is 4.31. The number of carbonyl (C=O) groups excluding carboxylic acids is 1. The van der Waals surface area contributed by atoms with E-state index in [0.29, 0.717) is 6.54 Å². The molecule has 168 valence electrons. The Morgan fingerprint density at radius 1 is 1.25 bits per heavy atom. The van der Waals surface area contributed by atoms with Gasteiger partial charge in [0.05, 0.1) is 11.0 Å². The second-order valence-corrected chi connectivity index (χ2v) is 9.91. The van der Waals surface area contributed by atoms with Crippen molar-refractivity contribution in [1.29, 1.82) is 0 Å². The third-order valence-corrected chi connectivity index (χ3v) is 7.28. The number of hydrogen-bond acceptors (Lipinski definition) is 4. The van der Waals surface area contributed by atoms with Crippen molar-refractivity contribution in [2.75, 3.05) is 18.0 Å². The van der Waals surface area contributed by atoms with Gasteiger partial charge in [0.1, 0.15) is 11.7 Å². The molecule has 2 heterocycles. The van der Waals surface area contributed by atoms with Gasteiger partial charge in [-0.15, -0.1) is 0 Å². The van der Waals surface area contributed by atoms with Gasteiger partial charge >= 0.3 is 0 Å². The summed E-state index contributed by atoms with van der Waals surface area (Å²) in [6.45, 7) is 10.1. The van der Waals surface area contributed by atoms with Gasteiger partial charge in [-0.05, 0) is 72.7 Å². The average Bonchev–Trinajstić information content (AvgIpc) is 2.78. The summed E-state index contributed by atoms with van der Waals surface area (Å²) in [4.78, 5) is 18.8. The number of halogens is 1. The Balaban J connectivity index is 1.79. The summed E-state index contributed by atoms with van der Waals surface area (Å²) in [5.41, 5.74) is 7.79. The quantitative estimate of drug-likeness (QED) is 0.477. The van der Waals surface area contributed by atoms with Crippen LogP contribution in [0, 0.1) is 5.82 Å². The fraction of sp³-hybridized carbons (Fsp3) is 0.400. The van der Waals surface area contributed by atoms with E-state index in [2.05, 4.69) is 54.4 Å². The van der Waals surface area contributed by atoms with E-state index >= 15 is 0 Å². The van der Waals surface area contributed by atoms with Crippen LogP contribution in [0.5, 0.6) is 0 Å². The zero-order chi connectivity index (χ0) is 22.9. The number of hydrogen-bond donors (Lipinski definition) is 1. The molecule has 4 rings (SSSR count). The third-order valence-electron chi connectivity index (χ3n) is 6.13. The van der Waals surface area contributed by atoms with Crippen LogP contribution in [-0.4, -0.2) is 35.1 Å². The van der Waals surface area contributed by atoms with Gasteiger partial charge in [0.25, 0.3) is 5.24 Å². The minimum absolute atomic E-state index is 0.0186. The highest BCUT2D eigenvalue weighted by atomic mass is 32.2. The van der Waals surface area contributed by atoms with Crippen molar-refractivity contribution in [3.8, 4) is 0 Å². The fourth-order valence-corrected chi connectivity index (χ4v) is 5.16. The van der Waals surface area contributed by atoms with Crippen LogP contribution in [0.2, 0.25) is 0 Å². The van der Waals surface area contributed by atoms with Crippen molar-refractivity contribution in [2.24, 2.45) is 10.1 Å². The predicted molar refractivity (Wildman–Crippen MR) is 132 cm³/mol. The maximum atomic E-state index is 13.5. The Morgan fingerprint density at radius 2 is 2.00 bits per heavy atom. The number of nitrogens with one attached hydrogen (secondary N) is 1. The molecule has 1 unspecified atom stereocenters. The number of aliphatic imine (C=N–C) groups is 1. The fourth-order valence-electron chi connectivity index (χ4n) is 4.34. The van der Waals surface area contributed by atoms with E-state index < -0.39 is 0 Å². The molecule has 0 radical (unpaired) electrons. The standard InChI is InChI=1S/C25H29FN4OS/c1-5-21-22(28-29-24(31)32-21)17-9-12-20-19(15-17)25(3,4)13-14-30(20)23(27-6-2)16-7-10-18(26)11-8-16/h7-12,15,21H,5-6,13-14H2,1-4H3,(H,29,31). The largest absolute Gasteiger partial charge is 0.326 e. The van der Waals surface area contributed by atoms with Crippen molar-refractivity contribution >= 4 is 34.2 Å². The van der Waals surface area contributed by atoms with Crippen molar-refractivity contribution in [3.05, 3.63) is 65.0 Å². The summed E-state index contributed by atoms with van der Waals surface area (Å²) < 4.78 is 13.5. The molecule has 2 aliphatic heterocycles. The van der Waals surface area contributed by atoms with Crippen LogP contribution in [0.3, 0.4) is 0 Å². The van der Waals surface area contributed by atoms with Crippen molar-refractivity contribution in [2.45, 2.75) is 51.2 Å². The van der Waals surface area contributed by atoms with Crippen molar-refractivity contribution in [1.82, 2.24) is 5.43 Å². The summed E-state index contributed by atoms with van der Waals surface area (Å²) in [5, 5.41) is 4.33. The molecule has 0 saturated carbocycles. The zero-order valence-electron chi connectivity index (χ0n) is 19.0. The van der Waals surface area contributed by atoms with Gasteiger partial charge in [0, 0.05) is 24.3 Å². The van der Waals surface area contributed by atoms with E-state index in [4.69, 9.17) is 4.99 Å². The Bertz CT molecular complexity index is 1080. The molecule has 1 amide bonds. The summed E-state index contributed by atoms with van der Waals surface area (Å²) in [6.07, 6.45) is 1.80. The van der Waals surface area contributed by atoms with Gasteiger partial charge in [-0.1, -0.05) is 38.6 Å². The number of fused-ring (bicyclic) bond motifs is 1. The Kier molecular flexibility index (Phi) is 6.38. The maximum absolute atomic E-state index is 13.5. The SMILES string of the molecule is CCN=C(c1ccc(F)cc1)N1CCC(C)(C)c2cc(C3=NNC(=O)SC3CC)ccc21. The monoisotopic (exact) mass is 452 g/mol. The lowest BCUT2D eigenvalue weighted by molar-refractivity contribution is 0.260. The highest BCUT2D eigenvalue weighted by Crippen LogP contribution is 2.41. The van der Waals surface area contributed by atoms with E-state index in [-0.39, 0.29) is 21.7 Å². The van der Waals surface area contributed by atoms with Crippen LogP contribution < -0.4 is 10.3 Å². The van der Waals surface area contributed by atoms with Crippen LogP contribution in [0.25, 0.3) is 0 Å². The van der Waals surface area contributed by atoms with Gasteiger partial charge in [-0.2, -0.15) is 5.10 Å². The number of rotatable bonds is 4. The molecule has 7 heteroatoms. The lowest BCUT2D eigenvalue weighted by Gasteiger charge is -2.41. The number of carbonyl (C=O) groups is 1. The second-order valence-electron chi connectivity index (χ2n) is 8.73. The van der Waals surface area contributed by atoms with Gasteiger partial charge in [-0.25, -0.2) is 9.82 Å². The van der Waals surface area contributed by atoms with Crippen LogP contribution in [-0.2, 0) is 5.41 Å². The Labute approximate surface area is 193 Å². The van der Waals surface area contributed by atoms with E-state index in [0.717, 1.165) is 47.7 Å². The van der Waals surface area contributed by atoms with E-state index in [9.17, 15) is 9.18 Å². The first kappa shape index (κ1) is 22.5. The minimum atomic E-state index is -0.252. The molecule has 2 aromatic carbocycles. The highest BCUT2D eigenvalue weighted by Gasteiger charge is 2.35. The molecule has 1 atom stereocenters. The second kappa shape index (κ2) is 9.06. The Morgan fingerprint density at radius 3 is 2.69 bits per heavy atom. The smallest absolute Gasteiger partial charge is 0.299 e. The lowest BCUT2D eigenvalue weighted by Crippen LogP contribution is -2.42. The number of amides is 1. The van der Waals surface area contributed by atoms with Gasteiger partial charge in [0.15, 0.2) is 0 Å². The number of anilines is 1. The first-order valence-corrected chi connectivity index (χ1v) is 12.0. The number of nitrogens with zero attached hydrogens (tertiary/aromatic N) is 3. The molecule has 5 nitrogen and oxygen atoms in total. The van der Waals surface area contributed by atoms with Crippen LogP contribution >= 0.6 is 11.8 Å². The highest BCUT2D eigenvalue weighted by molar-refractivity contribution is 8.14. The zero-order valence-corrected chi connectivity index (χ0v) is 19.8. The van der Waals surface area contributed by atoms with E-state index in [1.807, 2.05) is 6.92 Å². The summed E-state index contributed by atoms with van der Waals surface area (Å²) in [5.74, 6) is 0.611. The van der Waals surface area contributed by atoms with E-state index in [1.165, 1.54) is 29.5 Å². The molecule has 0 aliphatic carbocycles. The number of amidine groups is 1. The minimum Gasteiger partial charge on any atom is -0.326 e. The molecule has 1 N–H and O–H groups in total. The molecule has 0 saturated heterocycles. The molecule has 0 bridgehead atoms. The van der Waals surface area contributed by atoms with E-state index in [1.54, 1.807) is 12.1 Å². The molecule has 32 heavy (non-hydrogen) atoms. The van der Waals surface area contributed by atoms with Gasteiger partial charge in [-0.3, -0.25) is 9.79 Å². The first-order chi connectivity index (χ1) is 15.3. The normalized spacial score (nSPS) is 20.5. The maximum Gasteiger partial charge on any atom is 0.299 e. The molecule has 0 aromatic heterocycles. The Hall–Kier alpha value is -2.67. The number of thioether (sulfide) groups is 1. The summed E-state index contributed by atoms with van der Waals surface area (Å²) in [7, 11) is 0. The lowest BCUT2D eigenvalue weighted by atomic mass is 9.76. The summed E-state index contributed by atoms with van der Waals surface area (Å²) in [6, 6.07) is 13.0. The van der Waals surface area contributed by atoms with Crippen LogP contribution in [0.1, 0.15) is 57.2 Å². The van der Waals surface area contributed by atoms with Gasteiger partial charge in [0.2, 0.25) is 0 Å². The van der Waals surface area contributed by atoms with Crippen molar-refractivity contribution < 1.29 is 9.18 Å². The van der Waals surface area contributed by atoms with Gasteiger partial charge < -0.3 is 4.90 Å². The molecular weight excluding hydrogens is 423 g/mol. The average molecular weight is 453 g/mol. The summed E-state index contributed by atoms with van der Waals surface area (Å²) >= 11 is 1.30. The molecular formula is C25H29FN4OS. The van der Waals surface area contributed by atoms with Crippen molar-refractivity contribution in [3.63, 3.8) is 0 Å². The number of benzene rings is 2. The molecule has 2 aromatic rings. The van der Waals surface area contributed by atoms with Crippen LogP contribution in [0.4, 0.5) is 14.9 Å². The molecule has 0 fully saturated rings. The predicted octanol–water partition coefficient (Wildman–Crippen LogP) is 5.72. The molecule has 2 aliphatic rings. The number of hydrazone groups is 1. The molecule has 0 spiro atoms. The topological polar surface area (TPSA) is 57.1 Å². The van der Waals surface area contributed by atoms with Crippen LogP contribution in [0.15, 0.2) is 52.6 Å². The first-order valence-electron chi connectivity index (χ1n) is 11.1.